The minimum absolute atomic E-state index is 0.111. The smallest absolute Gasteiger partial charge is 0.0663 e. The van der Waals surface area contributed by atoms with Gasteiger partial charge in [-0.25, -0.2) is 0 Å². The second-order valence-corrected chi connectivity index (χ2v) is 6.22. The van der Waals surface area contributed by atoms with Gasteiger partial charge in [-0.3, -0.25) is 5.32 Å². The molecule has 96 valence electrons. The Kier molecular flexibility index (Phi) is 3.80. The van der Waals surface area contributed by atoms with E-state index in [1.807, 2.05) is 0 Å². The van der Waals surface area contributed by atoms with Crippen LogP contribution in [-0.4, -0.2) is 18.1 Å². The lowest BCUT2D eigenvalue weighted by atomic mass is 9.66. The molecule has 2 saturated carbocycles. The molecule has 1 unspecified atom stereocenters. The van der Waals surface area contributed by atoms with E-state index in [-0.39, 0.29) is 11.6 Å². The number of terminal acetylenes is 1. The van der Waals surface area contributed by atoms with Crippen molar-refractivity contribution in [2.45, 2.75) is 69.9 Å². The van der Waals surface area contributed by atoms with Crippen molar-refractivity contribution in [3.8, 4) is 12.3 Å². The molecule has 1 spiro atoms. The van der Waals surface area contributed by atoms with Gasteiger partial charge in [-0.15, -0.1) is 6.42 Å². The second kappa shape index (κ2) is 5.00. The van der Waals surface area contributed by atoms with E-state index in [2.05, 4.69) is 18.2 Å². The maximum absolute atomic E-state index is 6.00. The molecule has 0 aromatic heterocycles. The first-order valence-electron chi connectivity index (χ1n) is 7.08. The molecule has 2 heteroatoms. The van der Waals surface area contributed by atoms with Gasteiger partial charge >= 0.3 is 0 Å². The summed E-state index contributed by atoms with van der Waals surface area (Å²) < 4.78 is 0. The lowest BCUT2D eigenvalue weighted by molar-refractivity contribution is 0.112. The molecule has 0 amide bonds. The highest BCUT2D eigenvalue weighted by Gasteiger charge is 2.43. The van der Waals surface area contributed by atoms with Crippen LogP contribution in [0.1, 0.15) is 58.3 Å². The van der Waals surface area contributed by atoms with Crippen LogP contribution < -0.4 is 11.1 Å². The van der Waals surface area contributed by atoms with E-state index in [9.17, 15) is 0 Å². The number of hydrogen-bond donors (Lipinski definition) is 2. The van der Waals surface area contributed by atoms with Crippen LogP contribution in [0.3, 0.4) is 0 Å². The Bertz CT molecular complexity index is 287. The molecule has 3 N–H and O–H groups in total. The standard InChI is InChI=1S/C15H26N2/c1-3-13(2)17-15(12-16)10-8-14(9-11-15)6-4-5-7-14/h1,13,17H,4-12,16H2,2H3. The SMILES string of the molecule is C#CC(C)NC1(CN)CCC2(CCCC2)CC1. The van der Waals surface area contributed by atoms with Gasteiger partial charge in [0, 0.05) is 12.1 Å². The van der Waals surface area contributed by atoms with Crippen molar-refractivity contribution in [2.75, 3.05) is 6.54 Å². The van der Waals surface area contributed by atoms with Crippen molar-refractivity contribution < 1.29 is 0 Å². The Morgan fingerprint density at radius 2 is 1.76 bits per heavy atom. The molecule has 2 aliphatic rings. The molecule has 2 rings (SSSR count). The van der Waals surface area contributed by atoms with Gasteiger partial charge in [-0.2, -0.15) is 0 Å². The Morgan fingerprint density at radius 1 is 1.18 bits per heavy atom. The first kappa shape index (κ1) is 12.9. The van der Waals surface area contributed by atoms with Crippen LogP contribution in [-0.2, 0) is 0 Å². The normalized spacial score (nSPS) is 27.8. The number of nitrogens with one attached hydrogen (secondary N) is 1. The van der Waals surface area contributed by atoms with Crippen molar-refractivity contribution >= 4 is 0 Å². The molecular formula is C15H26N2. The third-order valence-corrected chi connectivity index (χ3v) is 5.10. The molecule has 0 saturated heterocycles. The van der Waals surface area contributed by atoms with Gasteiger partial charge in [0.2, 0.25) is 0 Å². The average molecular weight is 234 g/mol. The van der Waals surface area contributed by atoms with E-state index in [4.69, 9.17) is 12.2 Å². The number of nitrogens with two attached hydrogens (primary N) is 1. The molecule has 1 atom stereocenters. The first-order chi connectivity index (χ1) is 8.14. The first-order valence-corrected chi connectivity index (χ1v) is 7.08. The highest BCUT2D eigenvalue weighted by molar-refractivity contribution is 5.05. The van der Waals surface area contributed by atoms with Crippen LogP contribution in [0.15, 0.2) is 0 Å². The van der Waals surface area contributed by atoms with Gasteiger partial charge < -0.3 is 5.73 Å². The summed E-state index contributed by atoms with van der Waals surface area (Å²) in [6, 6.07) is 0.135. The average Bonchev–Trinajstić information content (AvgIpc) is 2.81. The lowest BCUT2D eigenvalue weighted by Crippen LogP contribution is -2.57. The highest BCUT2D eigenvalue weighted by atomic mass is 15.0. The maximum Gasteiger partial charge on any atom is 0.0663 e. The maximum atomic E-state index is 6.00. The van der Waals surface area contributed by atoms with Crippen LogP contribution in [0.5, 0.6) is 0 Å². The molecule has 2 fully saturated rings. The van der Waals surface area contributed by atoms with Crippen molar-refractivity contribution in [2.24, 2.45) is 11.1 Å². The Morgan fingerprint density at radius 3 is 2.24 bits per heavy atom. The summed E-state index contributed by atoms with van der Waals surface area (Å²) in [4.78, 5) is 0. The fraction of sp³-hybridized carbons (Fsp3) is 0.867. The quantitative estimate of drug-likeness (QED) is 0.736. The third kappa shape index (κ3) is 2.67. The molecule has 0 bridgehead atoms. The van der Waals surface area contributed by atoms with Crippen molar-refractivity contribution in [3.05, 3.63) is 0 Å². The summed E-state index contributed by atoms with van der Waals surface area (Å²) in [6.45, 7) is 2.77. The monoisotopic (exact) mass is 234 g/mol. The van der Waals surface area contributed by atoms with Crippen molar-refractivity contribution in [3.63, 3.8) is 0 Å². The molecule has 0 aliphatic heterocycles. The van der Waals surface area contributed by atoms with Crippen LogP contribution >= 0.6 is 0 Å². The van der Waals surface area contributed by atoms with Gasteiger partial charge in [0.25, 0.3) is 0 Å². The van der Waals surface area contributed by atoms with Crippen LogP contribution in [0.2, 0.25) is 0 Å². The van der Waals surface area contributed by atoms with Crippen molar-refractivity contribution in [1.82, 2.24) is 5.32 Å². The minimum Gasteiger partial charge on any atom is -0.329 e. The van der Waals surface area contributed by atoms with Gasteiger partial charge in [0.05, 0.1) is 6.04 Å². The van der Waals surface area contributed by atoms with Gasteiger partial charge in [0.1, 0.15) is 0 Å². The lowest BCUT2D eigenvalue weighted by Gasteiger charge is -2.46. The minimum atomic E-state index is 0.111. The molecule has 2 nitrogen and oxygen atoms in total. The van der Waals surface area contributed by atoms with E-state index < -0.39 is 0 Å². The van der Waals surface area contributed by atoms with Crippen LogP contribution in [0.25, 0.3) is 0 Å². The molecular weight excluding hydrogens is 208 g/mol. The summed E-state index contributed by atoms with van der Waals surface area (Å²) in [7, 11) is 0. The fourth-order valence-electron chi connectivity index (χ4n) is 3.79. The third-order valence-electron chi connectivity index (χ3n) is 5.10. The number of hydrogen-bond acceptors (Lipinski definition) is 2. The molecule has 0 aromatic rings. The molecule has 0 radical (unpaired) electrons. The molecule has 0 heterocycles. The van der Waals surface area contributed by atoms with Gasteiger partial charge in [0.15, 0.2) is 0 Å². The summed E-state index contributed by atoms with van der Waals surface area (Å²) >= 11 is 0. The fourth-order valence-corrected chi connectivity index (χ4v) is 3.79. The van der Waals surface area contributed by atoms with E-state index >= 15 is 0 Å². The second-order valence-electron chi connectivity index (χ2n) is 6.22. The van der Waals surface area contributed by atoms with Gasteiger partial charge in [-0.05, 0) is 50.9 Å². The van der Waals surface area contributed by atoms with Crippen LogP contribution in [0.4, 0.5) is 0 Å². The molecule has 2 aliphatic carbocycles. The summed E-state index contributed by atoms with van der Waals surface area (Å²) in [6.07, 6.45) is 16.3. The van der Waals surface area contributed by atoms with E-state index in [0.29, 0.717) is 5.41 Å². The van der Waals surface area contributed by atoms with E-state index in [1.54, 1.807) is 0 Å². The Labute approximate surface area is 106 Å². The van der Waals surface area contributed by atoms with Crippen LogP contribution in [0, 0.1) is 17.8 Å². The van der Waals surface area contributed by atoms with Crippen molar-refractivity contribution in [1.29, 1.82) is 0 Å². The van der Waals surface area contributed by atoms with E-state index in [0.717, 1.165) is 6.54 Å². The van der Waals surface area contributed by atoms with E-state index in [1.165, 1.54) is 51.4 Å². The largest absolute Gasteiger partial charge is 0.329 e. The number of rotatable bonds is 3. The molecule has 0 aromatic carbocycles. The Hall–Kier alpha value is -0.520. The van der Waals surface area contributed by atoms with Gasteiger partial charge in [-0.1, -0.05) is 18.8 Å². The zero-order valence-electron chi connectivity index (χ0n) is 11.1. The zero-order chi connectivity index (χ0) is 12.4. The molecule has 17 heavy (non-hydrogen) atoms. The highest BCUT2D eigenvalue weighted by Crippen LogP contribution is 2.51. The summed E-state index contributed by atoms with van der Waals surface area (Å²) in [5.41, 5.74) is 6.77. The topological polar surface area (TPSA) is 38.0 Å². The Balaban J connectivity index is 1.96. The predicted molar refractivity (Wildman–Crippen MR) is 72.6 cm³/mol. The zero-order valence-corrected chi connectivity index (χ0v) is 11.1. The summed E-state index contributed by atoms with van der Waals surface area (Å²) in [5.74, 6) is 2.77. The summed E-state index contributed by atoms with van der Waals surface area (Å²) in [5, 5.41) is 3.58. The predicted octanol–water partition coefficient (Wildman–Crippen LogP) is 2.43.